The van der Waals surface area contributed by atoms with Crippen molar-refractivity contribution in [3.05, 3.63) is 0 Å². The first-order valence-electron chi connectivity index (χ1n) is 4.48. The molecule has 0 saturated heterocycles. The van der Waals surface area contributed by atoms with Crippen LogP contribution >= 0.6 is 0 Å². The monoisotopic (exact) mass is 206 g/mol. The van der Waals surface area contributed by atoms with Gasteiger partial charge in [0.25, 0.3) is 0 Å². The molecule has 0 heterocycles. The molecular weight excluding hydrogens is 188 g/mol. The lowest BCUT2D eigenvalue weighted by Crippen LogP contribution is -1.97. The first-order valence-corrected chi connectivity index (χ1v) is 5.89. The van der Waals surface area contributed by atoms with E-state index in [9.17, 15) is 9.59 Å². The minimum Gasteiger partial charge on any atom is -0.481 e. The van der Waals surface area contributed by atoms with Crippen LogP contribution in [0.5, 0.6) is 0 Å². The minimum atomic E-state index is -0.870. The second-order valence-electron chi connectivity index (χ2n) is 2.70. The smallest absolute Gasteiger partial charge is 0.303 e. The van der Waals surface area contributed by atoms with Crippen molar-refractivity contribution in [2.45, 2.75) is 38.7 Å². The zero-order valence-corrected chi connectivity index (χ0v) is 10.2. The second-order valence-corrected chi connectivity index (χ2v) is 4.12. The van der Waals surface area contributed by atoms with E-state index in [0.29, 0.717) is 12.8 Å². The Morgan fingerprint density at radius 2 is 1.31 bits per heavy atom. The zero-order valence-electron chi connectivity index (χ0n) is 8.25. The van der Waals surface area contributed by atoms with E-state index in [-0.39, 0.29) is 12.8 Å². The van der Waals surface area contributed by atoms with Crippen molar-refractivity contribution < 1.29 is 19.8 Å². The van der Waals surface area contributed by atoms with Gasteiger partial charge in [0.1, 0.15) is 0 Å². The number of rotatable bonds is 5. The lowest BCUT2D eigenvalue weighted by Gasteiger charge is -1.92. The molecule has 0 aromatic carbocycles. The van der Waals surface area contributed by atoms with Crippen LogP contribution in [0.4, 0.5) is 0 Å². The van der Waals surface area contributed by atoms with Crippen LogP contribution in [0.25, 0.3) is 0 Å². The quantitative estimate of drug-likeness (QED) is 0.507. The topological polar surface area (TPSA) is 74.6 Å². The molecule has 13 heavy (non-hydrogen) atoms. The van der Waals surface area contributed by atoms with Crippen molar-refractivity contribution in [2.24, 2.45) is 0 Å². The van der Waals surface area contributed by atoms with E-state index in [1.54, 1.807) is 0 Å². The molecule has 0 unspecified atom stereocenters. The van der Waals surface area contributed by atoms with Crippen molar-refractivity contribution >= 4 is 22.2 Å². The van der Waals surface area contributed by atoms with Crippen molar-refractivity contribution in [2.75, 3.05) is 0 Å². The Hall–Kier alpha value is -0.843. The van der Waals surface area contributed by atoms with Gasteiger partial charge in [-0.1, -0.05) is 13.0 Å². The summed E-state index contributed by atoms with van der Waals surface area (Å²) >= 11 is 0. The van der Waals surface area contributed by atoms with Gasteiger partial charge in [0.05, 0.1) is 0 Å². The summed E-state index contributed by atoms with van der Waals surface area (Å²) in [5.74, 6) is -1.74. The summed E-state index contributed by atoms with van der Waals surface area (Å²) in [6.07, 6.45) is 1.02. The fourth-order valence-electron chi connectivity index (χ4n) is 0.552. The van der Waals surface area contributed by atoms with E-state index < -0.39 is 11.9 Å². The molecule has 0 spiro atoms. The molecule has 0 aliphatic rings. The summed E-state index contributed by atoms with van der Waals surface area (Å²) in [6.45, 7) is 2.19. The number of hydrogen-bond acceptors (Lipinski definition) is 2. The second kappa shape index (κ2) is 11.2. The fraction of sp³-hybridized carbons (Fsp3) is 0.750. The largest absolute Gasteiger partial charge is 0.481 e. The SMILES string of the molecule is CC[SiH3].O=C(O)CCCCC(=O)O. The molecule has 4 nitrogen and oxygen atoms in total. The van der Waals surface area contributed by atoms with Crippen LogP contribution in [0.1, 0.15) is 32.6 Å². The average Bonchev–Trinajstić information content (AvgIpc) is 1.99. The van der Waals surface area contributed by atoms with Crippen molar-refractivity contribution in [3.8, 4) is 0 Å². The molecule has 0 rings (SSSR count). The van der Waals surface area contributed by atoms with Crippen LogP contribution in [0.2, 0.25) is 6.04 Å². The summed E-state index contributed by atoms with van der Waals surface area (Å²) in [4.78, 5) is 19.8. The van der Waals surface area contributed by atoms with E-state index in [2.05, 4.69) is 6.92 Å². The Kier molecular flexibility index (Phi) is 12.6. The fourth-order valence-corrected chi connectivity index (χ4v) is 0.552. The number of hydrogen-bond donors (Lipinski definition) is 2. The van der Waals surface area contributed by atoms with Gasteiger partial charge in [0.15, 0.2) is 0 Å². The Morgan fingerprint density at radius 1 is 1.08 bits per heavy atom. The normalized spacial score (nSPS) is 8.69. The highest BCUT2D eigenvalue weighted by atomic mass is 28.1. The van der Waals surface area contributed by atoms with E-state index in [0.717, 1.165) is 0 Å². The summed E-state index contributed by atoms with van der Waals surface area (Å²) in [5.41, 5.74) is 0. The van der Waals surface area contributed by atoms with Gasteiger partial charge in [-0.25, -0.2) is 0 Å². The zero-order chi connectivity index (χ0) is 10.7. The predicted octanol–water partition coefficient (Wildman–Crippen LogP) is 0.506. The third-order valence-electron chi connectivity index (χ3n) is 1.03. The van der Waals surface area contributed by atoms with Crippen molar-refractivity contribution in [3.63, 3.8) is 0 Å². The van der Waals surface area contributed by atoms with Gasteiger partial charge in [0, 0.05) is 23.1 Å². The number of carboxylic acid groups (broad SMARTS) is 2. The highest BCUT2D eigenvalue weighted by Gasteiger charge is 1.99. The maximum absolute atomic E-state index is 9.90. The number of carboxylic acids is 2. The lowest BCUT2D eigenvalue weighted by molar-refractivity contribution is -0.139. The van der Waals surface area contributed by atoms with Gasteiger partial charge in [-0.2, -0.15) is 0 Å². The van der Waals surface area contributed by atoms with E-state index >= 15 is 0 Å². The van der Waals surface area contributed by atoms with Crippen LogP contribution in [0.15, 0.2) is 0 Å². The average molecular weight is 206 g/mol. The Morgan fingerprint density at radius 3 is 1.46 bits per heavy atom. The molecule has 0 aliphatic carbocycles. The first-order chi connectivity index (χ1) is 6.04. The van der Waals surface area contributed by atoms with Crippen molar-refractivity contribution in [1.29, 1.82) is 0 Å². The summed E-state index contributed by atoms with van der Waals surface area (Å²) in [7, 11) is 1.37. The molecule has 0 radical (unpaired) electrons. The molecule has 0 aromatic rings. The third-order valence-corrected chi connectivity index (χ3v) is 1.03. The van der Waals surface area contributed by atoms with Crippen LogP contribution in [0.3, 0.4) is 0 Å². The van der Waals surface area contributed by atoms with Gasteiger partial charge in [-0.3, -0.25) is 9.59 Å². The van der Waals surface area contributed by atoms with E-state index in [4.69, 9.17) is 10.2 Å². The number of carbonyl (C=O) groups is 2. The number of unbranched alkanes of at least 4 members (excludes halogenated alkanes) is 1. The summed E-state index contributed by atoms with van der Waals surface area (Å²) < 4.78 is 0. The highest BCUT2D eigenvalue weighted by Crippen LogP contribution is 1.98. The molecule has 0 atom stereocenters. The molecule has 0 bridgehead atoms. The summed E-state index contributed by atoms with van der Waals surface area (Å²) in [5, 5.41) is 16.3. The Balaban J connectivity index is 0. The first kappa shape index (κ1) is 14.7. The molecule has 5 heteroatoms. The lowest BCUT2D eigenvalue weighted by atomic mass is 10.2. The van der Waals surface area contributed by atoms with Crippen LogP contribution in [0, 0.1) is 0 Å². The van der Waals surface area contributed by atoms with Crippen LogP contribution in [-0.4, -0.2) is 32.4 Å². The third kappa shape index (κ3) is 24.7. The van der Waals surface area contributed by atoms with Gasteiger partial charge < -0.3 is 10.2 Å². The molecule has 0 saturated carbocycles. The van der Waals surface area contributed by atoms with Gasteiger partial charge in [-0.05, 0) is 12.8 Å². The van der Waals surface area contributed by atoms with Crippen LogP contribution < -0.4 is 0 Å². The predicted molar refractivity (Wildman–Crippen MR) is 54.2 cm³/mol. The van der Waals surface area contributed by atoms with Crippen LogP contribution in [-0.2, 0) is 9.59 Å². The van der Waals surface area contributed by atoms with E-state index in [1.165, 1.54) is 16.3 Å². The van der Waals surface area contributed by atoms with E-state index in [1.807, 2.05) is 0 Å². The summed E-state index contributed by atoms with van der Waals surface area (Å²) in [6, 6.07) is 1.39. The molecule has 0 fully saturated rings. The van der Waals surface area contributed by atoms with Gasteiger partial charge >= 0.3 is 11.9 Å². The molecule has 0 amide bonds. The molecule has 0 aliphatic heterocycles. The molecule has 2 N–H and O–H groups in total. The minimum absolute atomic E-state index is 0.0628. The Bertz CT molecular complexity index is 131. The van der Waals surface area contributed by atoms with Gasteiger partial charge in [-0.15, -0.1) is 0 Å². The van der Waals surface area contributed by atoms with Crippen molar-refractivity contribution in [1.82, 2.24) is 0 Å². The highest BCUT2D eigenvalue weighted by molar-refractivity contribution is 6.08. The molecule has 78 valence electrons. The number of aliphatic carboxylic acids is 2. The molecule has 0 aromatic heterocycles. The Labute approximate surface area is 81.4 Å². The van der Waals surface area contributed by atoms with Gasteiger partial charge in [0.2, 0.25) is 0 Å². The maximum Gasteiger partial charge on any atom is 0.303 e. The maximum atomic E-state index is 9.90. The standard InChI is InChI=1S/C6H10O4.C2H8Si/c7-5(8)3-1-2-4-6(9)10;1-2-3/h1-4H2,(H,7,8)(H,9,10);2H2,1,3H3. The molecular formula is C8H18O4Si.